The lowest BCUT2D eigenvalue weighted by Crippen LogP contribution is -2.60. The number of benzene rings is 3. The minimum Gasteiger partial charge on any atom is -0.508 e. The number of fused-ring (bicyclic) bond motifs is 4. The van der Waals surface area contributed by atoms with E-state index in [9.17, 15) is 30.3 Å². The first kappa shape index (κ1) is 20.4. The molecule has 1 fully saturated rings. The van der Waals surface area contributed by atoms with Gasteiger partial charge in [0.15, 0.2) is 11.5 Å². The Kier molecular flexibility index (Phi) is 4.43. The molecule has 1 amide bonds. The number of hydroxylamine groups is 1. The summed E-state index contributed by atoms with van der Waals surface area (Å²) in [5.41, 5.74) is 0.581. The van der Waals surface area contributed by atoms with E-state index in [1.807, 2.05) is 0 Å². The highest BCUT2D eigenvalue weighted by atomic mass is 16.8. The third-order valence-electron chi connectivity index (χ3n) is 6.21. The van der Waals surface area contributed by atoms with E-state index in [1.54, 1.807) is 18.2 Å². The van der Waals surface area contributed by atoms with Gasteiger partial charge < -0.3 is 39.7 Å². The summed E-state index contributed by atoms with van der Waals surface area (Å²) in [5, 5.41) is 53.2. The van der Waals surface area contributed by atoms with Crippen molar-refractivity contribution in [3.8, 4) is 17.2 Å². The number of aromatic hydroxyl groups is 1. The van der Waals surface area contributed by atoms with Crippen LogP contribution >= 0.6 is 0 Å². The van der Waals surface area contributed by atoms with E-state index in [4.69, 9.17) is 19.0 Å². The summed E-state index contributed by atoms with van der Waals surface area (Å²) >= 11 is 0. The molecular formula is C22H19NO10. The highest BCUT2D eigenvalue weighted by Crippen LogP contribution is 2.51. The lowest BCUT2D eigenvalue weighted by molar-refractivity contribution is -0.301. The molecule has 11 heteroatoms. The van der Waals surface area contributed by atoms with Crippen molar-refractivity contribution in [3.63, 3.8) is 0 Å². The molecule has 0 radical (unpaired) electrons. The van der Waals surface area contributed by atoms with Crippen LogP contribution < -0.4 is 14.5 Å². The Morgan fingerprint density at radius 1 is 1.03 bits per heavy atom. The Bertz CT molecular complexity index is 1310. The molecule has 172 valence electrons. The highest BCUT2D eigenvalue weighted by Gasteiger charge is 2.47. The summed E-state index contributed by atoms with van der Waals surface area (Å²) < 4.78 is 16.6. The lowest BCUT2D eigenvalue weighted by Gasteiger charge is -2.40. The van der Waals surface area contributed by atoms with E-state index >= 15 is 0 Å². The number of amides is 1. The number of anilines is 1. The Labute approximate surface area is 185 Å². The van der Waals surface area contributed by atoms with Crippen molar-refractivity contribution >= 4 is 33.1 Å². The third kappa shape index (κ3) is 2.81. The molecule has 0 aromatic heterocycles. The van der Waals surface area contributed by atoms with Crippen LogP contribution in [0, 0.1) is 0 Å². The molecule has 3 aromatic rings. The van der Waals surface area contributed by atoms with E-state index < -0.39 is 43.2 Å². The smallest absolute Gasteiger partial charge is 0.283 e. The van der Waals surface area contributed by atoms with Crippen LogP contribution in [0.5, 0.6) is 17.2 Å². The molecule has 6 rings (SSSR count). The van der Waals surface area contributed by atoms with Gasteiger partial charge >= 0.3 is 0 Å². The molecular weight excluding hydrogens is 438 g/mol. The topological polar surface area (TPSA) is 158 Å². The van der Waals surface area contributed by atoms with Crippen LogP contribution in [0.4, 0.5) is 5.69 Å². The molecule has 33 heavy (non-hydrogen) atoms. The lowest BCUT2D eigenvalue weighted by atomic mass is 9.97. The maximum atomic E-state index is 13.4. The van der Waals surface area contributed by atoms with Crippen molar-refractivity contribution in [3.05, 3.63) is 35.9 Å². The van der Waals surface area contributed by atoms with Gasteiger partial charge in [0.25, 0.3) is 5.91 Å². The molecule has 1 saturated heterocycles. The molecule has 0 saturated carbocycles. The van der Waals surface area contributed by atoms with Gasteiger partial charge in [-0.15, -0.1) is 0 Å². The van der Waals surface area contributed by atoms with Crippen molar-refractivity contribution in [2.75, 3.05) is 18.5 Å². The molecule has 5 N–H and O–H groups in total. The number of aliphatic hydroxyl groups excluding tert-OH is 4. The van der Waals surface area contributed by atoms with E-state index in [-0.39, 0.29) is 18.1 Å². The fourth-order valence-corrected chi connectivity index (χ4v) is 4.58. The van der Waals surface area contributed by atoms with Crippen molar-refractivity contribution in [2.24, 2.45) is 0 Å². The van der Waals surface area contributed by atoms with E-state index in [0.29, 0.717) is 38.7 Å². The monoisotopic (exact) mass is 457 g/mol. The van der Waals surface area contributed by atoms with E-state index in [1.165, 1.54) is 12.1 Å². The summed E-state index contributed by atoms with van der Waals surface area (Å²) in [4.78, 5) is 19.1. The molecule has 0 unspecified atom stereocenters. The molecule has 0 spiro atoms. The van der Waals surface area contributed by atoms with E-state index in [2.05, 4.69) is 0 Å². The second kappa shape index (κ2) is 7.15. The third-order valence-corrected chi connectivity index (χ3v) is 6.21. The Morgan fingerprint density at radius 3 is 2.64 bits per heavy atom. The van der Waals surface area contributed by atoms with Gasteiger partial charge in [-0.1, -0.05) is 6.07 Å². The number of hydrogen-bond acceptors (Lipinski definition) is 10. The number of phenols is 1. The second-order valence-electron chi connectivity index (χ2n) is 8.11. The van der Waals surface area contributed by atoms with Gasteiger partial charge in [0.2, 0.25) is 13.1 Å². The standard InChI is InChI=1S/C22H19NO10/c24-6-14-17(26)18(27)19(28)22(32-14)33-23-12-3-8-1-2-9(25)4-10(8)16-15(12)11(21(23)29)5-13-20(16)31-7-30-13/h1-5,14,17-19,22,24-28H,6-7H2/t14-,17-,18+,19-,22+/m1/s1. The maximum absolute atomic E-state index is 13.4. The number of carbonyl (C=O) groups excluding carboxylic acids is 1. The number of rotatable bonds is 3. The predicted octanol–water partition coefficient (Wildman–Crippen LogP) is 0.119. The number of nitrogens with zero attached hydrogens (tertiary/aromatic N) is 1. The van der Waals surface area contributed by atoms with Gasteiger partial charge in [0.1, 0.15) is 30.2 Å². The minimum atomic E-state index is -1.69. The molecule has 11 nitrogen and oxygen atoms in total. The molecule has 3 aliphatic rings. The zero-order valence-corrected chi connectivity index (χ0v) is 16.9. The summed E-state index contributed by atoms with van der Waals surface area (Å²) in [6.07, 6.45) is -7.66. The highest BCUT2D eigenvalue weighted by molar-refractivity contribution is 6.30. The first-order valence-corrected chi connectivity index (χ1v) is 10.2. The van der Waals surface area contributed by atoms with Crippen LogP contribution in [-0.2, 0) is 9.57 Å². The van der Waals surface area contributed by atoms with Gasteiger partial charge in [0.05, 0.1) is 17.9 Å². The van der Waals surface area contributed by atoms with Crippen LogP contribution in [0.1, 0.15) is 10.4 Å². The zero-order chi connectivity index (χ0) is 23.0. The predicted molar refractivity (Wildman–Crippen MR) is 111 cm³/mol. The second-order valence-corrected chi connectivity index (χ2v) is 8.11. The Hall–Kier alpha value is -3.19. The van der Waals surface area contributed by atoms with Gasteiger partial charge in [-0.05, 0) is 35.0 Å². The first-order chi connectivity index (χ1) is 15.9. The molecule has 0 bridgehead atoms. The van der Waals surface area contributed by atoms with Gasteiger partial charge in [0, 0.05) is 10.8 Å². The molecule has 3 heterocycles. The summed E-state index contributed by atoms with van der Waals surface area (Å²) in [7, 11) is 0. The number of ether oxygens (including phenoxy) is 3. The van der Waals surface area contributed by atoms with Crippen molar-refractivity contribution < 1.29 is 49.4 Å². The quantitative estimate of drug-likeness (QED) is 0.342. The normalized spacial score (nSPS) is 28.3. The van der Waals surface area contributed by atoms with Crippen LogP contribution in [-0.4, -0.2) is 75.5 Å². The Balaban J connectivity index is 1.51. The zero-order valence-electron chi connectivity index (χ0n) is 16.9. The Morgan fingerprint density at radius 2 is 1.85 bits per heavy atom. The van der Waals surface area contributed by atoms with Gasteiger partial charge in [-0.25, -0.2) is 4.84 Å². The van der Waals surface area contributed by atoms with Crippen molar-refractivity contribution in [1.82, 2.24) is 0 Å². The summed E-state index contributed by atoms with van der Waals surface area (Å²) in [6, 6.07) is 7.94. The van der Waals surface area contributed by atoms with Crippen LogP contribution in [0.25, 0.3) is 21.5 Å². The van der Waals surface area contributed by atoms with Crippen molar-refractivity contribution in [1.29, 1.82) is 0 Å². The average Bonchev–Trinajstić information content (AvgIpc) is 3.38. The number of phenolic OH excluding ortho intramolecular Hbond substituents is 1. The van der Waals surface area contributed by atoms with Gasteiger partial charge in [-0.2, -0.15) is 5.06 Å². The van der Waals surface area contributed by atoms with Gasteiger partial charge in [-0.3, -0.25) is 4.79 Å². The molecule has 0 aliphatic carbocycles. The maximum Gasteiger partial charge on any atom is 0.283 e. The SMILES string of the molecule is O=C1c2cc3c(c4c2c(cc2ccc(O)cc24)N1O[C@@H]1O[C@H](CO)[C@@H](O)[C@H](O)[C@H]1O)OCO3. The molecule has 3 aliphatic heterocycles. The first-order valence-electron chi connectivity index (χ1n) is 10.2. The largest absolute Gasteiger partial charge is 0.508 e. The fourth-order valence-electron chi connectivity index (χ4n) is 4.58. The fraction of sp³-hybridized carbons (Fsp3) is 0.318. The van der Waals surface area contributed by atoms with Crippen LogP contribution in [0.2, 0.25) is 0 Å². The number of aliphatic hydroxyl groups is 4. The average molecular weight is 457 g/mol. The number of hydrogen-bond donors (Lipinski definition) is 5. The molecule has 5 atom stereocenters. The van der Waals surface area contributed by atoms with Crippen molar-refractivity contribution in [2.45, 2.75) is 30.7 Å². The van der Waals surface area contributed by atoms with Crippen LogP contribution in [0.15, 0.2) is 30.3 Å². The minimum absolute atomic E-state index is 0.0162. The van der Waals surface area contributed by atoms with E-state index in [0.717, 1.165) is 5.06 Å². The number of carbonyl (C=O) groups is 1. The molecule has 3 aromatic carbocycles. The summed E-state index contributed by atoms with van der Waals surface area (Å²) in [6.45, 7) is -0.651. The summed E-state index contributed by atoms with van der Waals surface area (Å²) in [5.74, 6) is 0.246. The van der Waals surface area contributed by atoms with Crippen LogP contribution in [0.3, 0.4) is 0 Å².